The van der Waals surface area contributed by atoms with Crippen molar-refractivity contribution in [2.45, 2.75) is 6.92 Å². The van der Waals surface area contributed by atoms with Crippen molar-refractivity contribution < 1.29 is 14.3 Å². The van der Waals surface area contributed by atoms with E-state index >= 15 is 0 Å². The van der Waals surface area contributed by atoms with E-state index < -0.39 is 0 Å². The molecule has 134 valence electrons. The van der Waals surface area contributed by atoms with Crippen molar-refractivity contribution in [2.75, 3.05) is 19.5 Å². The fourth-order valence-corrected chi connectivity index (χ4v) is 3.15. The lowest BCUT2D eigenvalue weighted by Crippen LogP contribution is -2.14. The summed E-state index contributed by atoms with van der Waals surface area (Å²) in [5.41, 5.74) is 2.54. The summed E-state index contributed by atoms with van der Waals surface area (Å²) < 4.78 is 11.0. The molecule has 3 aromatic rings. The summed E-state index contributed by atoms with van der Waals surface area (Å²) in [6, 6.07) is 3.61. The van der Waals surface area contributed by atoms with E-state index in [1.54, 1.807) is 19.4 Å². The van der Waals surface area contributed by atoms with Crippen LogP contribution in [0, 0.1) is 6.92 Å². The Morgan fingerprint density at radius 2 is 1.92 bits per heavy atom. The van der Waals surface area contributed by atoms with Gasteiger partial charge >= 0.3 is 0 Å². The minimum Gasteiger partial charge on any atom is -0.494 e. The third-order valence-corrected chi connectivity index (χ3v) is 4.66. The van der Waals surface area contributed by atoms with Crippen molar-refractivity contribution in [2.24, 2.45) is 0 Å². The number of carbonyl (C=O) groups excluding carboxylic acids is 1. The molecule has 0 aliphatic carbocycles. The van der Waals surface area contributed by atoms with Crippen LogP contribution in [-0.2, 0) is 0 Å². The van der Waals surface area contributed by atoms with Gasteiger partial charge in [0, 0.05) is 23.0 Å². The molecule has 0 radical (unpaired) electrons. The van der Waals surface area contributed by atoms with Gasteiger partial charge in [0.05, 0.1) is 26.0 Å². The molecule has 8 nitrogen and oxygen atoms in total. The average molecular weight is 436 g/mol. The lowest BCUT2D eigenvalue weighted by molar-refractivity contribution is 0.102. The van der Waals surface area contributed by atoms with Gasteiger partial charge in [-0.3, -0.25) is 15.1 Å². The minimum atomic E-state index is -0.360. The second-order valence-corrected chi connectivity index (χ2v) is 6.86. The summed E-state index contributed by atoms with van der Waals surface area (Å²) in [7, 11) is 3.04. The van der Waals surface area contributed by atoms with Gasteiger partial charge < -0.3 is 9.47 Å². The Morgan fingerprint density at radius 1 is 1.12 bits per heavy atom. The summed E-state index contributed by atoms with van der Waals surface area (Å²) >= 11 is 4.49. The van der Waals surface area contributed by atoms with Crippen LogP contribution in [0.3, 0.4) is 0 Å². The molecule has 26 heavy (non-hydrogen) atoms. The topological polar surface area (TPSA) is 99.1 Å². The molecule has 0 aliphatic rings. The Morgan fingerprint density at radius 3 is 2.62 bits per heavy atom. The van der Waals surface area contributed by atoms with Gasteiger partial charge in [0.1, 0.15) is 10.4 Å². The third kappa shape index (κ3) is 3.81. The molecule has 1 amide bonds. The first kappa shape index (κ1) is 18.2. The van der Waals surface area contributed by atoms with Crippen LogP contribution in [0.25, 0.3) is 11.1 Å². The number of hydrogen-bond acceptors (Lipinski definition) is 8. The average Bonchev–Trinajstić information content (AvgIpc) is 3.09. The number of pyridine rings is 2. The minimum absolute atomic E-state index is 0.334. The number of amides is 1. The number of aryl methyl sites for hydroxylation is 1. The predicted molar refractivity (Wildman–Crippen MR) is 101 cm³/mol. The highest BCUT2D eigenvalue weighted by atomic mass is 79.9. The van der Waals surface area contributed by atoms with Crippen LogP contribution in [0.4, 0.5) is 5.13 Å². The normalized spacial score (nSPS) is 10.5. The van der Waals surface area contributed by atoms with Gasteiger partial charge in [-0.1, -0.05) is 5.10 Å². The van der Waals surface area contributed by atoms with Crippen LogP contribution in [0.15, 0.2) is 29.1 Å². The zero-order valence-corrected chi connectivity index (χ0v) is 16.5. The Labute approximate surface area is 161 Å². The second kappa shape index (κ2) is 7.75. The quantitative estimate of drug-likeness (QED) is 0.613. The van der Waals surface area contributed by atoms with Gasteiger partial charge in [-0.2, -0.15) is 0 Å². The first-order valence-electron chi connectivity index (χ1n) is 7.37. The number of halogens is 1. The second-order valence-electron chi connectivity index (χ2n) is 5.11. The van der Waals surface area contributed by atoms with Crippen LogP contribution in [0.1, 0.15) is 16.1 Å². The highest BCUT2D eigenvalue weighted by Crippen LogP contribution is 2.34. The van der Waals surface area contributed by atoms with Gasteiger partial charge in [-0.05, 0) is 46.3 Å². The Balaban J connectivity index is 2.03. The number of aromatic nitrogens is 4. The number of ether oxygens (including phenoxy) is 2. The number of rotatable bonds is 5. The standard InChI is InChI=1S/C16H14BrN5O3S/c1-8-4-9(10-5-13(17)19-7-12(10)24-2)11(6-18-8)14(23)20-15-21-22-16(25-3)26-15/h4-7H,1-3H3,(H,20,21,23). The highest BCUT2D eigenvalue weighted by Gasteiger charge is 2.19. The lowest BCUT2D eigenvalue weighted by atomic mass is 10.0. The van der Waals surface area contributed by atoms with E-state index in [2.05, 4.69) is 41.4 Å². The number of nitrogens with zero attached hydrogens (tertiary/aromatic N) is 4. The molecule has 0 bridgehead atoms. The summed E-state index contributed by atoms with van der Waals surface area (Å²) in [4.78, 5) is 21.2. The van der Waals surface area contributed by atoms with Crippen LogP contribution in [0.5, 0.6) is 10.9 Å². The Hall–Kier alpha value is -2.59. The fourth-order valence-electron chi connectivity index (χ4n) is 2.26. The largest absolute Gasteiger partial charge is 0.494 e. The monoisotopic (exact) mass is 435 g/mol. The Kier molecular flexibility index (Phi) is 5.43. The van der Waals surface area contributed by atoms with E-state index in [1.165, 1.54) is 13.3 Å². The highest BCUT2D eigenvalue weighted by molar-refractivity contribution is 9.10. The lowest BCUT2D eigenvalue weighted by Gasteiger charge is -2.13. The SMILES string of the molecule is COc1nnc(NC(=O)c2cnc(C)cc2-c2cc(Br)ncc2OC)s1. The molecule has 3 aromatic heterocycles. The number of nitrogens with one attached hydrogen (secondary N) is 1. The fraction of sp³-hybridized carbons (Fsp3) is 0.188. The molecule has 3 heterocycles. The van der Waals surface area contributed by atoms with Crippen molar-refractivity contribution in [3.8, 4) is 22.1 Å². The van der Waals surface area contributed by atoms with Gasteiger partial charge in [-0.15, -0.1) is 5.10 Å². The first-order valence-corrected chi connectivity index (χ1v) is 8.98. The van der Waals surface area contributed by atoms with Crippen molar-refractivity contribution in [1.29, 1.82) is 0 Å². The zero-order valence-electron chi connectivity index (χ0n) is 14.1. The molecule has 0 spiro atoms. The zero-order chi connectivity index (χ0) is 18.7. The number of methoxy groups -OCH3 is 2. The molecule has 0 unspecified atom stereocenters. The van der Waals surface area contributed by atoms with Crippen molar-refractivity contribution in [1.82, 2.24) is 20.2 Å². The smallest absolute Gasteiger partial charge is 0.295 e. The van der Waals surface area contributed by atoms with Gasteiger partial charge in [0.25, 0.3) is 11.1 Å². The molecule has 0 saturated heterocycles. The predicted octanol–water partition coefficient (Wildman–Crippen LogP) is 3.34. The molecule has 1 N–H and O–H groups in total. The molecule has 0 aromatic carbocycles. The summed E-state index contributed by atoms with van der Waals surface area (Å²) in [5, 5.41) is 11.1. The molecule has 0 aliphatic heterocycles. The van der Waals surface area contributed by atoms with Crippen LogP contribution in [0.2, 0.25) is 0 Å². The summed E-state index contributed by atoms with van der Waals surface area (Å²) in [6.45, 7) is 1.85. The van der Waals surface area contributed by atoms with Gasteiger partial charge in [0.2, 0.25) is 5.13 Å². The molecular formula is C16H14BrN5O3S. The van der Waals surface area contributed by atoms with Crippen LogP contribution in [-0.4, -0.2) is 40.3 Å². The van der Waals surface area contributed by atoms with E-state index in [1.807, 2.05) is 13.0 Å². The van der Waals surface area contributed by atoms with Gasteiger partial charge in [0.15, 0.2) is 0 Å². The third-order valence-electron chi connectivity index (χ3n) is 3.43. The molecule has 3 rings (SSSR count). The number of anilines is 1. The van der Waals surface area contributed by atoms with E-state index in [0.717, 1.165) is 22.6 Å². The first-order chi connectivity index (χ1) is 12.5. The molecule has 10 heteroatoms. The van der Waals surface area contributed by atoms with E-state index in [0.29, 0.717) is 31.8 Å². The van der Waals surface area contributed by atoms with E-state index in [4.69, 9.17) is 9.47 Å². The van der Waals surface area contributed by atoms with Gasteiger partial charge in [-0.25, -0.2) is 4.98 Å². The summed E-state index contributed by atoms with van der Waals surface area (Å²) in [5.74, 6) is 0.187. The molecule has 0 fully saturated rings. The van der Waals surface area contributed by atoms with Crippen molar-refractivity contribution in [3.63, 3.8) is 0 Å². The Bertz CT molecular complexity index is 963. The maximum Gasteiger partial charge on any atom is 0.295 e. The van der Waals surface area contributed by atoms with Crippen LogP contribution >= 0.6 is 27.3 Å². The molecule has 0 atom stereocenters. The molecule has 0 saturated carbocycles. The maximum absolute atomic E-state index is 12.8. The molecular weight excluding hydrogens is 422 g/mol. The van der Waals surface area contributed by atoms with E-state index in [-0.39, 0.29) is 5.91 Å². The van der Waals surface area contributed by atoms with Crippen molar-refractivity contribution in [3.05, 3.63) is 40.4 Å². The van der Waals surface area contributed by atoms with E-state index in [9.17, 15) is 4.79 Å². The number of carbonyl (C=O) groups is 1. The number of hydrogen-bond donors (Lipinski definition) is 1. The van der Waals surface area contributed by atoms with Crippen LogP contribution < -0.4 is 14.8 Å². The maximum atomic E-state index is 12.8. The van der Waals surface area contributed by atoms with Crippen molar-refractivity contribution >= 4 is 38.3 Å². The summed E-state index contributed by atoms with van der Waals surface area (Å²) in [6.07, 6.45) is 3.11.